The lowest BCUT2D eigenvalue weighted by molar-refractivity contribution is -0.141. The highest BCUT2D eigenvalue weighted by atomic mass is 19.4. The Balaban J connectivity index is 2.40. The van der Waals surface area contributed by atoms with Crippen LogP contribution in [0.2, 0.25) is 0 Å². The summed E-state index contributed by atoms with van der Waals surface area (Å²) in [5, 5.41) is 5.42. The summed E-state index contributed by atoms with van der Waals surface area (Å²) in [5.74, 6) is -0.642. The zero-order chi connectivity index (χ0) is 13.3. The van der Waals surface area contributed by atoms with Crippen LogP contribution < -0.4 is 4.74 Å². The lowest BCUT2D eigenvalue weighted by atomic mass is 10.1. The number of methoxy groups -OCH3 is 1. The number of nitrogens with zero attached hydrogens (tertiary/aromatic N) is 1. The molecule has 1 N–H and O–H groups in total. The van der Waals surface area contributed by atoms with Crippen molar-refractivity contribution in [2.24, 2.45) is 0 Å². The molecule has 0 saturated carbocycles. The highest BCUT2D eigenvalue weighted by Crippen LogP contribution is 2.31. The van der Waals surface area contributed by atoms with Gasteiger partial charge in [-0.15, -0.1) is 0 Å². The Morgan fingerprint density at radius 1 is 1.22 bits per heavy atom. The van der Waals surface area contributed by atoms with Crippen LogP contribution in [-0.2, 0) is 6.18 Å². The summed E-state index contributed by atoms with van der Waals surface area (Å²) in [6.45, 7) is 0. The monoisotopic (exact) mass is 260 g/mol. The van der Waals surface area contributed by atoms with Gasteiger partial charge in [0.05, 0.1) is 12.8 Å². The van der Waals surface area contributed by atoms with Crippen LogP contribution in [0.1, 0.15) is 5.69 Å². The first-order chi connectivity index (χ1) is 8.41. The van der Waals surface area contributed by atoms with Crippen LogP contribution in [-0.4, -0.2) is 17.3 Å². The zero-order valence-corrected chi connectivity index (χ0v) is 9.18. The van der Waals surface area contributed by atoms with Crippen molar-refractivity contribution in [3.8, 4) is 17.0 Å². The predicted molar refractivity (Wildman–Crippen MR) is 55.5 cm³/mol. The van der Waals surface area contributed by atoms with Crippen LogP contribution >= 0.6 is 0 Å². The molecule has 0 atom stereocenters. The number of nitrogens with one attached hydrogen (secondary N) is 1. The third kappa shape index (κ3) is 2.29. The smallest absolute Gasteiger partial charge is 0.432 e. The number of aromatic amines is 1. The van der Waals surface area contributed by atoms with E-state index >= 15 is 0 Å². The number of benzene rings is 1. The second kappa shape index (κ2) is 4.32. The van der Waals surface area contributed by atoms with Gasteiger partial charge in [0.2, 0.25) is 0 Å². The molecule has 0 saturated heterocycles. The maximum atomic E-state index is 13.1. The number of rotatable bonds is 2. The van der Waals surface area contributed by atoms with Crippen molar-refractivity contribution < 1.29 is 22.3 Å². The molecule has 7 heteroatoms. The molecular formula is C11H8F4N2O. The van der Waals surface area contributed by atoms with Gasteiger partial charge in [-0.2, -0.15) is 18.3 Å². The average Bonchev–Trinajstić information content (AvgIpc) is 2.78. The second-order valence-corrected chi connectivity index (χ2v) is 3.51. The van der Waals surface area contributed by atoms with Gasteiger partial charge in [-0.25, -0.2) is 4.39 Å². The molecule has 0 amide bonds. The largest absolute Gasteiger partial charge is 0.494 e. The highest BCUT2D eigenvalue weighted by molar-refractivity contribution is 5.61. The molecule has 96 valence electrons. The lowest BCUT2D eigenvalue weighted by Gasteiger charge is -2.03. The van der Waals surface area contributed by atoms with Crippen molar-refractivity contribution in [3.63, 3.8) is 0 Å². The second-order valence-electron chi connectivity index (χ2n) is 3.51. The number of halogens is 4. The van der Waals surface area contributed by atoms with E-state index in [-0.39, 0.29) is 11.4 Å². The van der Waals surface area contributed by atoms with Crippen LogP contribution in [0.25, 0.3) is 11.3 Å². The minimum atomic E-state index is -4.49. The molecule has 0 bridgehead atoms. The molecule has 18 heavy (non-hydrogen) atoms. The SMILES string of the molecule is COc1cc(-c2cc(C(F)(F)F)[nH]n2)ccc1F. The Hall–Kier alpha value is -2.05. The van der Waals surface area contributed by atoms with Gasteiger partial charge in [-0.1, -0.05) is 0 Å². The van der Waals surface area contributed by atoms with E-state index in [1.54, 1.807) is 0 Å². The number of aromatic nitrogens is 2. The van der Waals surface area contributed by atoms with Gasteiger partial charge in [-0.05, 0) is 24.3 Å². The van der Waals surface area contributed by atoms with Crippen molar-refractivity contribution >= 4 is 0 Å². The van der Waals surface area contributed by atoms with Crippen LogP contribution in [0, 0.1) is 5.82 Å². The van der Waals surface area contributed by atoms with Crippen molar-refractivity contribution in [2.75, 3.05) is 7.11 Å². The number of hydrogen-bond donors (Lipinski definition) is 1. The number of ether oxygens (including phenoxy) is 1. The Morgan fingerprint density at radius 2 is 1.94 bits per heavy atom. The maximum Gasteiger partial charge on any atom is 0.432 e. The molecule has 0 aliphatic heterocycles. The minimum absolute atomic E-state index is 0.0518. The molecule has 0 spiro atoms. The first-order valence-corrected chi connectivity index (χ1v) is 4.88. The number of alkyl halides is 3. The zero-order valence-electron chi connectivity index (χ0n) is 9.18. The summed E-state index contributed by atoms with van der Waals surface area (Å²) in [4.78, 5) is 0. The van der Waals surface area contributed by atoms with E-state index in [0.29, 0.717) is 5.56 Å². The summed E-state index contributed by atoms with van der Waals surface area (Å²) < 4.78 is 55.0. The minimum Gasteiger partial charge on any atom is -0.494 e. The fraction of sp³-hybridized carbons (Fsp3) is 0.182. The van der Waals surface area contributed by atoms with Crippen LogP contribution in [0.3, 0.4) is 0 Å². The molecule has 2 rings (SSSR count). The molecule has 1 heterocycles. The molecule has 0 aliphatic rings. The average molecular weight is 260 g/mol. The van der Waals surface area contributed by atoms with Crippen LogP contribution in [0.5, 0.6) is 5.75 Å². The van der Waals surface area contributed by atoms with Crippen molar-refractivity contribution in [2.45, 2.75) is 6.18 Å². The van der Waals surface area contributed by atoms with Crippen LogP contribution in [0.15, 0.2) is 24.3 Å². The van der Waals surface area contributed by atoms with Gasteiger partial charge in [-0.3, -0.25) is 5.10 Å². The third-order valence-electron chi connectivity index (χ3n) is 2.33. The standard InChI is InChI=1S/C11H8F4N2O/c1-18-9-4-6(2-3-7(9)12)8-5-10(17-16-8)11(13,14)15/h2-5H,1H3,(H,16,17). The third-order valence-corrected chi connectivity index (χ3v) is 2.33. The summed E-state index contributed by atoms with van der Waals surface area (Å²) in [5.41, 5.74) is -0.554. The molecular weight excluding hydrogens is 252 g/mol. The van der Waals surface area contributed by atoms with Gasteiger partial charge in [0.25, 0.3) is 0 Å². The van der Waals surface area contributed by atoms with E-state index in [1.165, 1.54) is 19.2 Å². The predicted octanol–water partition coefficient (Wildman–Crippen LogP) is 3.24. The molecule has 0 fully saturated rings. The van der Waals surface area contributed by atoms with E-state index in [1.807, 2.05) is 5.10 Å². The normalized spacial score (nSPS) is 11.6. The molecule has 0 unspecified atom stereocenters. The maximum absolute atomic E-state index is 13.1. The lowest BCUT2D eigenvalue weighted by Crippen LogP contribution is -2.04. The van der Waals surface area contributed by atoms with Crippen molar-refractivity contribution in [1.82, 2.24) is 10.2 Å². The fourth-order valence-corrected chi connectivity index (χ4v) is 1.43. The highest BCUT2D eigenvalue weighted by Gasteiger charge is 2.33. The molecule has 3 nitrogen and oxygen atoms in total. The Labute approximate surface area is 99.4 Å². The molecule has 1 aromatic carbocycles. The van der Waals surface area contributed by atoms with E-state index in [2.05, 4.69) is 5.10 Å². The van der Waals surface area contributed by atoms with E-state index in [0.717, 1.165) is 12.1 Å². The molecule has 0 aliphatic carbocycles. The van der Waals surface area contributed by atoms with E-state index < -0.39 is 17.7 Å². The Morgan fingerprint density at radius 3 is 2.50 bits per heavy atom. The quantitative estimate of drug-likeness (QED) is 0.842. The van der Waals surface area contributed by atoms with Crippen LogP contribution in [0.4, 0.5) is 17.6 Å². The van der Waals surface area contributed by atoms with Gasteiger partial charge in [0.1, 0.15) is 5.69 Å². The molecule has 2 aromatic rings. The van der Waals surface area contributed by atoms with Crippen molar-refractivity contribution in [1.29, 1.82) is 0 Å². The van der Waals surface area contributed by atoms with Gasteiger partial charge in [0.15, 0.2) is 11.6 Å². The Kier molecular flexibility index (Phi) is 2.98. The summed E-state index contributed by atoms with van der Waals surface area (Å²) in [6, 6.07) is 4.57. The number of H-pyrrole nitrogens is 1. The molecule has 0 radical (unpaired) electrons. The van der Waals surface area contributed by atoms with Gasteiger partial charge in [0, 0.05) is 5.56 Å². The summed E-state index contributed by atoms with van der Waals surface area (Å²) >= 11 is 0. The van der Waals surface area contributed by atoms with E-state index in [4.69, 9.17) is 4.74 Å². The first kappa shape index (κ1) is 12.4. The fourth-order valence-electron chi connectivity index (χ4n) is 1.43. The summed E-state index contributed by atoms with van der Waals surface area (Å²) in [7, 11) is 1.27. The van der Waals surface area contributed by atoms with Gasteiger partial charge < -0.3 is 4.74 Å². The summed E-state index contributed by atoms with van der Waals surface area (Å²) in [6.07, 6.45) is -4.49. The van der Waals surface area contributed by atoms with E-state index in [9.17, 15) is 17.6 Å². The molecule has 1 aromatic heterocycles. The van der Waals surface area contributed by atoms with Crippen molar-refractivity contribution in [3.05, 3.63) is 35.8 Å². The topological polar surface area (TPSA) is 37.9 Å². The first-order valence-electron chi connectivity index (χ1n) is 4.88. The Bertz CT molecular complexity index is 562. The van der Waals surface area contributed by atoms with Gasteiger partial charge >= 0.3 is 6.18 Å². The number of hydrogen-bond acceptors (Lipinski definition) is 2.